The summed E-state index contributed by atoms with van der Waals surface area (Å²) >= 11 is 0. The van der Waals surface area contributed by atoms with Gasteiger partial charge in [0, 0.05) is 20.6 Å². The molecule has 4 rings (SSSR count). The maximum atomic E-state index is 12.8. The summed E-state index contributed by atoms with van der Waals surface area (Å²) < 4.78 is 9.76. The third-order valence-corrected chi connectivity index (χ3v) is 5.24. The third kappa shape index (κ3) is 3.79. The molecule has 0 radical (unpaired) electrons. The number of fused-ring (bicyclic) bond motifs is 2. The maximum absolute atomic E-state index is 12.8. The highest BCUT2D eigenvalue weighted by molar-refractivity contribution is 5.83. The predicted octanol–water partition coefficient (Wildman–Crippen LogP) is 1.46. The molecule has 2 aromatic heterocycles. The molecule has 0 aliphatic rings. The van der Waals surface area contributed by atoms with Crippen molar-refractivity contribution in [2.24, 2.45) is 14.1 Å². The van der Waals surface area contributed by atoms with Crippen molar-refractivity contribution >= 4 is 27.9 Å². The first-order valence-corrected chi connectivity index (χ1v) is 10.1. The highest BCUT2D eigenvalue weighted by Crippen LogP contribution is 2.21. The number of aromatic nitrogens is 4. The molecule has 0 unspecified atom stereocenters. The Balaban J connectivity index is 1.61. The van der Waals surface area contributed by atoms with E-state index in [1.54, 1.807) is 11.6 Å². The molecule has 0 aliphatic carbocycles. The maximum Gasteiger partial charge on any atom is 0.332 e. The fraction of sp³-hybridized carbons (Fsp3) is 0.318. The molecule has 0 aliphatic heterocycles. The minimum atomic E-state index is -0.900. The van der Waals surface area contributed by atoms with Crippen molar-refractivity contribution < 1.29 is 9.84 Å². The van der Waals surface area contributed by atoms with E-state index >= 15 is 0 Å². The first-order valence-electron chi connectivity index (χ1n) is 10.1. The summed E-state index contributed by atoms with van der Waals surface area (Å²) in [7, 11) is 2.99. The monoisotopic (exact) mass is 423 g/mol. The Morgan fingerprint density at radius 2 is 1.84 bits per heavy atom. The summed E-state index contributed by atoms with van der Waals surface area (Å²) in [4.78, 5) is 29.4. The van der Waals surface area contributed by atoms with Crippen LogP contribution in [0.3, 0.4) is 0 Å². The van der Waals surface area contributed by atoms with Crippen molar-refractivity contribution in [3.63, 3.8) is 0 Å². The molecule has 9 nitrogen and oxygen atoms in total. The SMILES string of the molecule is CCNc1nc2c(c(=O)n(C)c(=O)n2C)n1C[C@H](O)COc1ccc2ccccc2c1. The highest BCUT2D eigenvalue weighted by Gasteiger charge is 2.21. The van der Waals surface area contributed by atoms with Gasteiger partial charge in [-0.05, 0) is 29.8 Å². The second-order valence-electron chi connectivity index (χ2n) is 7.43. The summed E-state index contributed by atoms with van der Waals surface area (Å²) in [6.45, 7) is 2.59. The number of nitrogens with one attached hydrogen (secondary N) is 1. The fourth-order valence-electron chi connectivity index (χ4n) is 3.63. The van der Waals surface area contributed by atoms with Gasteiger partial charge in [-0.25, -0.2) is 4.79 Å². The van der Waals surface area contributed by atoms with Crippen LogP contribution in [0.15, 0.2) is 52.1 Å². The third-order valence-electron chi connectivity index (χ3n) is 5.24. The standard InChI is InChI=1S/C22H25N5O4/c1-4-23-21-24-19-18(20(29)26(3)22(30)25(19)2)27(21)12-16(28)13-31-17-10-9-14-7-5-6-8-15(14)11-17/h5-11,16,28H,4,12-13H2,1-3H3,(H,23,24)/t16-/m0/s1. The molecule has 2 aromatic carbocycles. The van der Waals surface area contributed by atoms with Crippen LogP contribution < -0.4 is 21.3 Å². The van der Waals surface area contributed by atoms with Gasteiger partial charge in [-0.15, -0.1) is 0 Å². The molecule has 0 bridgehead atoms. The van der Waals surface area contributed by atoms with Crippen LogP contribution >= 0.6 is 0 Å². The Morgan fingerprint density at radius 3 is 2.58 bits per heavy atom. The summed E-state index contributed by atoms with van der Waals surface area (Å²) in [6.07, 6.45) is -0.900. The smallest absolute Gasteiger partial charge is 0.332 e. The van der Waals surface area contributed by atoms with Crippen molar-refractivity contribution in [1.29, 1.82) is 0 Å². The van der Waals surface area contributed by atoms with Gasteiger partial charge in [-0.2, -0.15) is 4.98 Å². The van der Waals surface area contributed by atoms with Crippen LogP contribution in [-0.4, -0.2) is 43.0 Å². The van der Waals surface area contributed by atoms with Gasteiger partial charge >= 0.3 is 5.69 Å². The molecule has 0 amide bonds. The predicted molar refractivity (Wildman–Crippen MR) is 120 cm³/mol. The lowest BCUT2D eigenvalue weighted by atomic mass is 10.1. The summed E-state index contributed by atoms with van der Waals surface area (Å²) in [6, 6.07) is 13.7. The Labute approximate surface area is 178 Å². The number of nitrogens with zero attached hydrogens (tertiary/aromatic N) is 4. The molecule has 0 saturated carbocycles. The fourth-order valence-corrected chi connectivity index (χ4v) is 3.63. The molecule has 9 heteroatoms. The first-order chi connectivity index (χ1) is 14.9. The minimum absolute atomic E-state index is 0.0374. The molecular formula is C22H25N5O4. The second kappa shape index (κ2) is 8.27. The zero-order valence-electron chi connectivity index (χ0n) is 17.7. The largest absolute Gasteiger partial charge is 0.491 e. The Kier molecular flexibility index (Phi) is 5.51. The lowest BCUT2D eigenvalue weighted by Crippen LogP contribution is -2.38. The number of imidazole rings is 1. The van der Waals surface area contributed by atoms with Gasteiger partial charge in [0.15, 0.2) is 11.2 Å². The molecule has 2 heterocycles. The Morgan fingerprint density at radius 1 is 1.10 bits per heavy atom. The van der Waals surface area contributed by atoms with E-state index < -0.39 is 17.4 Å². The van der Waals surface area contributed by atoms with Crippen LogP contribution in [0.2, 0.25) is 0 Å². The van der Waals surface area contributed by atoms with Crippen LogP contribution in [0.25, 0.3) is 21.9 Å². The van der Waals surface area contributed by atoms with Crippen molar-refractivity contribution in [1.82, 2.24) is 18.7 Å². The van der Waals surface area contributed by atoms with E-state index in [0.717, 1.165) is 15.3 Å². The molecule has 0 fully saturated rings. The minimum Gasteiger partial charge on any atom is -0.491 e. The number of hydrogen-bond donors (Lipinski definition) is 2. The molecule has 2 N–H and O–H groups in total. The average Bonchev–Trinajstić information content (AvgIpc) is 3.13. The topological polar surface area (TPSA) is 103 Å². The lowest BCUT2D eigenvalue weighted by Gasteiger charge is -2.16. The highest BCUT2D eigenvalue weighted by atomic mass is 16.5. The summed E-state index contributed by atoms with van der Waals surface area (Å²) in [5, 5.41) is 15.9. The normalized spacial score (nSPS) is 12.4. The molecule has 162 valence electrons. The van der Waals surface area contributed by atoms with Gasteiger partial charge in [-0.1, -0.05) is 30.3 Å². The molecular weight excluding hydrogens is 398 g/mol. The van der Waals surface area contributed by atoms with Crippen LogP contribution in [0.4, 0.5) is 5.95 Å². The van der Waals surface area contributed by atoms with Crippen molar-refractivity contribution in [2.45, 2.75) is 19.6 Å². The number of benzene rings is 2. The van der Waals surface area contributed by atoms with E-state index in [-0.39, 0.29) is 24.3 Å². The molecule has 4 aromatic rings. The quantitative estimate of drug-likeness (QED) is 0.467. The lowest BCUT2D eigenvalue weighted by molar-refractivity contribution is 0.0939. The van der Waals surface area contributed by atoms with Crippen molar-refractivity contribution in [2.75, 3.05) is 18.5 Å². The van der Waals surface area contributed by atoms with Gasteiger partial charge in [0.2, 0.25) is 5.95 Å². The number of rotatable bonds is 7. The van der Waals surface area contributed by atoms with Gasteiger partial charge < -0.3 is 19.7 Å². The van der Waals surface area contributed by atoms with Crippen molar-refractivity contribution in [3.8, 4) is 5.75 Å². The average molecular weight is 423 g/mol. The van der Waals surface area contributed by atoms with E-state index in [9.17, 15) is 14.7 Å². The van der Waals surface area contributed by atoms with E-state index in [1.807, 2.05) is 49.4 Å². The van der Waals surface area contributed by atoms with E-state index in [2.05, 4.69) is 10.3 Å². The molecule has 1 atom stereocenters. The number of ether oxygens (including phenoxy) is 1. The number of anilines is 1. The number of aryl methyl sites for hydroxylation is 1. The van der Waals surface area contributed by atoms with Gasteiger partial charge in [-0.3, -0.25) is 13.9 Å². The van der Waals surface area contributed by atoms with Crippen molar-refractivity contribution in [3.05, 3.63) is 63.3 Å². The van der Waals surface area contributed by atoms with E-state index in [1.165, 1.54) is 11.6 Å². The van der Waals surface area contributed by atoms with Gasteiger partial charge in [0.05, 0.1) is 6.54 Å². The second-order valence-corrected chi connectivity index (χ2v) is 7.43. The molecule has 0 saturated heterocycles. The number of hydrogen-bond acceptors (Lipinski definition) is 6. The van der Waals surface area contributed by atoms with Crippen LogP contribution in [-0.2, 0) is 20.6 Å². The van der Waals surface area contributed by atoms with Crippen LogP contribution in [0.1, 0.15) is 6.92 Å². The molecule has 31 heavy (non-hydrogen) atoms. The Hall–Kier alpha value is -3.59. The molecule has 0 spiro atoms. The number of aliphatic hydroxyl groups excluding tert-OH is 1. The first kappa shape index (κ1) is 20.7. The number of aliphatic hydroxyl groups is 1. The van der Waals surface area contributed by atoms with E-state index in [4.69, 9.17) is 4.74 Å². The van der Waals surface area contributed by atoms with E-state index in [0.29, 0.717) is 18.2 Å². The summed E-state index contributed by atoms with van der Waals surface area (Å²) in [5.74, 6) is 1.07. The van der Waals surface area contributed by atoms with Gasteiger partial charge in [0.1, 0.15) is 18.5 Å². The van der Waals surface area contributed by atoms with Crippen LogP contribution in [0, 0.1) is 0 Å². The van der Waals surface area contributed by atoms with Gasteiger partial charge in [0.25, 0.3) is 5.56 Å². The Bertz CT molecular complexity index is 1370. The zero-order valence-corrected chi connectivity index (χ0v) is 17.7. The summed E-state index contributed by atoms with van der Waals surface area (Å²) in [5.41, 5.74) is -0.389. The van der Waals surface area contributed by atoms with Crippen LogP contribution in [0.5, 0.6) is 5.75 Å². The zero-order chi connectivity index (χ0) is 22.1.